The number of benzene rings is 1. The number of alkyl carbamates (subject to hydrolysis) is 1. The fraction of sp³-hybridized carbons (Fsp3) is 0.619. The van der Waals surface area contributed by atoms with Crippen molar-refractivity contribution in [3.05, 3.63) is 23.8 Å². The van der Waals surface area contributed by atoms with Gasteiger partial charge >= 0.3 is 6.09 Å². The van der Waals surface area contributed by atoms with Crippen LogP contribution in [0.5, 0.6) is 11.5 Å². The lowest BCUT2D eigenvalue weighted by molar-refractivity contribution is -0.137. The lowest BCUT2D eigenvalue weighted by Gasteiger charge is -2.27. The Bertz CT molecular complexity index is 743. The molecule has 0 radical (unpaired) electrons. The van der Waals surface area contributed by atoms with E-state index in [1.54, 1.807) is 37.8 Å². The molecular formula is C21H32N2O8. The molecule has 2 rings (SSSR count). The SMILES string of the molecule is COc1cc(C(O)C(O)CNC(=O)OC(C)(C)C)ccc1OCC(=O)N1CCOCC1. The molecule has 10 nitrogen and oxygen atoms in total. The Balaban J connectivity index is 1.93. The van der Waals surface area contributed by atoms with Crippen molar-refractivity contribution in [2.45, 2.75) is 38.6 Å². The van der Waals surface area contributed by atoms with Crippen LogP contribution in [0.25, 0.3) is 0 Å². The Labute approximate surface area is 182 Å². The van der Waals surface area contributed by atoms with E-state index in [0.29, 0.717) is 43.4 Å². The number of hydrogen-bond donors (Lipinski definition) is 3. The number of morpholine rings is 1. The Morgan fingerprint density at radius 3 is 2.48 bits per heavy atom. The predicted molar refractivity (Wildman–Crippen MR) is 111 cm³/mol. The number of nitrogens with one attached hydrogen (secondary N) is 1. The topological polar surface area (TPSA) is 127 Å². The van der Waals surface area contributed by atoms with Crippen molar-refractivity contribution in [1.29, 1.82) is 0 Å². The summed E-state index contributed by atoms with van der Waals surface area (Å²) in [6.07, 6.45) is -3.25. The van der Waals surface area contributed by atoms with Crippen molar-refractivity contribution < 1.29 is 38.7 Å². The molecule has 1 aliphatic heterocycles. The van der Waals surface area contributed by atoms with Crippen molar-refractivity contribution in [3.63, 3.8) is 0 Å². The minimum Gasteiger partial charge on any atom is -0.493 e. The summed E-state index contributed by atoms with van der Waals surface area (Å²) >= 11 is 0. The van der Waals surface area contributed by atoms with Gasteiger partial charge in [-0.3, -0.25) is 4.79 Å². The number of ether oxygens (including phenoxy) is 4. The third-order valence-corrected chi connectivity index (χ3v) is 4.46. The number of carbonyl (C=O) groups excluding carboxylic acids is 2. The maximum Gasteiger partial charge on any atom is 0.407 e. The number of aliphatic hydroxyl groups is 2. The minimum absolute atomic E-state index is 0.152. The van der Waals surface area contributed by atoms with Crippen LogP contribution in [0.1, 0.15) is 32.4 Å². The summed E-state index contributed by atoms with van der Waals surface area (Å²) in [6.45, 7) is 6.89. The summed E-state index contributed by atoms with van der Waals surface area (Å²) in [4.78, 5) is 25.6. The first kappa shape index (κ1) is 24.7. The lowest BCUT2D eigenvalue weighted by Crippen LogP contribution is -2.43. The molecule has 0 spiro atoms. The molecule has 1 aliphatic rings. The molecule has 1 aromatic rings. The van der Waals surface area contributed by atoms with Crippen LogP contribution in [0.2, 0.25) is 0 Å². The number of amides is 2. The van der Waals surface area contributed by atoms with Crippen molar-refractivity contribution in [2.75, 3.05) is 46.6 Å². The van der Waals surface area contributed by atoms with Crippen molar-refractivity contribution >= 4 is 12.0 Å². The fourth-order valence-electron chi connectivity index (χ4n) is 2.87. The molecule has 1 fully saturated rings. The van der Waals surface area contributed by atoms with Crippen LogP contribution in [0.15, 0.2) is 18.2 Å². The summed E-state index contributed by atoms with van der Waals surface area (Å²) in [7, 11) is 1.43. The van der Waals surface area contributed by atoms with E-state index in [0.717, 1.165) is 0 Å². The maximum absolute atomic E-state index is 12.2. The predicted octanol–water partition coefficient (Wildman–Crippen LogP) is 0.852. The molecular weight excluding hydrogens is 408 g/mol. The molecule has 10 heteroatoms. The first-order valence-corrected chi connectivity index (χ1v) is 10.1. The number of aliphatic hydroxyl groups excluding tert-OH is 2. The Hall–Kier alpha value is -2.56. The zero-order chi connectivity index (χ0) is 23.0. The van der Waals surface area contributed by atoms with Crippen LogP contribution in [0.4, 0.5) is 4.79 Å². The molecule has 3 N–H and O–H groups in total. The van der Waals surface area contributed by atoms with Gasteiger partial charge in [0.2, 0.25) is 0 Å². The van der Waals surface area contributed by atoms with Crippen LogP contribution >= 0.6 is 0 Å². The summed E-state index contributed by atoms with van der Waals surface area (Å²) in [6, 6.07) is 4.62. The van der Waals surface area contributed by atoms with Crippen LogP contribution in [-0.4, -0.2) is 85.4 Å². The van der Waals surface area contributed by atoms with Gasteiger partial charge in [-0.15, -0.1) is 0 Å². The number of rotatable bonds is 8. The van der Waals surface area contributed by atoms with E-state index in [1.165, 1.54) is 13.2 Å². The molecule has 1 aromatic carbocycles. The average molecular weight is 440 g/mol. The molecule has 174 valence electrons. The Kier molecular flexibility index (Phi) is 8.90. The summed E-state index contributed by atoms with van der Waals surface area (Å²) < 4.78 is 21.2. The standard InChI is InChI=1S/C21H32N2O8/c1-21(2,3)31-20(27)22-12-15(24)19(26)14-5-6-16(17(11-14)28-4)30-13-18(25)23-7-9-29-10-8-23/h5-6,11,15,19,24,26H,7-10,12-13H2,1-4H3,(H,22,27). The second-order valence-electron chi connectivity index (χ2n) is 8.09. The number of hydrogen-bond acceptors (Lipinski definition) is 8. The van der Waals surface area contributed by atoms with Crippen molar-refractivity contribution in [3.8, 4) is 11.5 Å². The Morgan fingerprint density at radius 1 is 1.19 bits per heavy atom. The summed E-state index contributed by atoms with van der Waals surface area (Å²) in [5, 5.41) is 23.1. The van der Waals surface area contributed by atoms with Gasteiger partial charge in [-0.05, 0) is 38.5 Å². The van der Waals surface area contributed by atoms with Crippen molar-refractivity contribution in [1.82, 2.24) is 10.2 Å². The maximum atomic E-state index is 12.2. The van der Waals surface area contributed by atoms with Crippen molar-refractivity contribution in [2.24, 2.45) is 0 Å². The van der Waals surface area contributed by atoms with Gasteiger partial charge in [-0.2, -0.15) is 0 Å². The smallest absolute Gasteiger partial charge is 0.407 e. The van der Waals surface area contributed by atoms with E-state index in [9.17, 15) is 19.8 Å². The normalized spacial score (nSPS) is 16.3. The highest BCUT2D eigenvalue weighted by Gasteiger charge is 2.23. The highest BCUT2D eigenvalue weighted by molar-refractivity contribution is 5.78. The first-order chi connectivity index (χ1) is 14.6. The first-order valence-electron chi connectivity index (χ1n) is 10.1. The van der Waals surface area contributed by atoms with E-state index in [1.807, 2.05) is 0 Å². The van der Waals surface area contributed by atoms with Gasteiger partial charge < -0.3 is 39.4 Å². The van der Waals surface area contributed by atoms with Crippen LogP contribution in [0, 0.1) is 0 Å². The van der Waals surface area contributed by atoms with Gasteiger partial charge in [-0.25, -0.2) is 4.79 Å². The molecule has 0 aromatic heterocycles. The van der Waals surface area contributed by atoms with Gasteiger partial charge in [0.1, 0.15) is 17.8 Å². The van der Waals surface area contributed by atoms with Gasteiger partial charge in [0.15, 0.2) is 18.1 Å². The molecule has 2 atom stereocenters. The van der Waals surface area contributed by atoms with E-state index >= 15 is 0 Å². The highest BCUT2D eigenvalue weighted by Crippen LogP contribution is 2.31. The van der Waals surface area contributed by atoms with Crippen LogP contribution < -0.4 is 14.8 Å². The molecule has 0 bridgehead atoms. The lowest BCUT2D eigenvalue weighted by atomic mass is 10.0. The van der Waals surface area contributed by atoms with Gasteiger partial charge in [0, 0.05) is 19.6 Å². The molecule has 0 aliphatic carbocycles. The van der Waals surface area contributed by atoms with E-state index in [2.05, 4.69) is 5.32 Å². The zero-order valence-corrected chi connectivity index (χ0v) is 18.4. The highest BCUT2D eigenvalue weighted by atomic mass is 16.6. The monoisotopic (exact) mass is 440 g/mol. The van der Waals surface area contributed by atoms with E-state index in [-0.39, 0.29) is 19.1 Å². The summed E-state index contributed by atoms with van der Waals surface area (Å²) in [5.41, 5.74) is -0.304. The second kappa shape index (κ2) is 11.2. The fourth-order valence-corrected chi connectivity index (χ4v) is 2.87. The van der Waals surface area contributed by atoms with Crippen LogP contribution in [-0.2, 0) is 14.3 Å². The van der Waals surface area contributed by atoms with Gasteiger partial charge in [0.25, 0.3) is 5.91 Å². The largest absolute Gasteiger partial charge is 0.493 e. The van der Waals surface area contributed by atoms with E-state index in [4.69, 9.17) is 18.9 Å². The minimum atomic E-state index is -1.28. The molecule has 0 saturated carbocycles. The quantitative estimate of drug-likeness (QED) is 0.543. The summed E-state index contributed by atoms with van der Waals surface area (Å²) in [5.74, 6) is 0.484. The van der Waals surface area contributed by atoms with Gasteiger partial charge in [-0.1, -0.05) is 6.07 Å². The second-order valence-corrected chi connectivity index (χ2v) is 8.09. The molecule has 2 unspecified atom stereocenters. The van der Waals surface area contributed by atoms with E-state index < -0.39 is 23.9 Å². The van der Waals surface area contributed by atoms with Crippen LogP contribution in [0.3, 0.4) is 0 Å². The number of nitrogens with zero attached hydrogens (tertiary/aromatic N) is 1. The number of methoxy groups -OCH3 is 1. The van der Waals surface area contributed by atoms with Gasteiger partial charge in [0.05, 0.1) is 20.3 Å². The molecule has 31 heavy (non-hydrogen) atoms. The third-order valence-electron chi connectivity index (χ3n) is 4.46. The molecule has 2 amide bonds. The Morgan fingerprint density at radius 2 is 1.87 bits per heavy atom. The molecule has 1 heterocycles. The third kappa shape index (κ3) is 7.89. The zero-order valence-electron chi connectivity index (χ0n) is 18.4. The average Bonchev–Trinajstić information content (AvgIpc) is 2.74. The number of carbonyl (C=O) groups is 2. The molecule has 1 saturated heterocycles.